The lowest BCUT2D eigenvalue weighted by Crippen LogP contribution is -2.59. The van der Waals surface area contributed by atoms with E-state index in [0.29, 0.717) is 19.0 Å². The van der Waals surface area contributed by atoms with Crippen molar-refractivity contribution in [2.24, 2.45) is 0 Å². The molecule has 0 bridgehead atoms. The second-order valence-corrected chi connectivity index (χ2v) is 10.8. The predicted molar refractivity (Wildman–Crippen MR) is 115 cm³/mol. The molecule has 2 aliphatic heterocycles. The molecule has 166 valence electrons. The molecule has 4 aliphatic rings. The summed E-state index contributed by atoms with van der Waals surface area (Å²) in [4.78, 5) is 2.42. The first-order valence-corrected chi connectivity index (χ1v) is 12.7. The zero-order chi connectivity index (χ0) is 21.2. The SMILES string of the molecule is COC1CN(C2COc3c(S(=O)(=O)Nc4c5c(cc6c4CCC6)CCC5)cnn3C2)C1. The van der Waals surface area contributed by atoms with E-state index < -0.39 is 10.0 Å². The van der Waals surface area contributed by atoms with Crippen LogP contribution in [-0.2, 0) is 47.0 Å². The summed E-state index contributed by atoms with van der Waals surface area (Å²) in [5, 5.41) is 4.35. The third-order valence-electron chi connectivity index (χ3n) is 7.28. The van der Waals surface area contributed by atoms with Crippen molar-refractivity contribution in [2.45, 2.75) is 62.1 Å². The quantitative estimate of drug-likeness (QED) is 0.756. The van der Waals surface area contributed by atoms with Crippen molar-refractivity contribution in [3.05, 3.63) is 34.5 Å². The van der Waals surface area contributed by atoms with E-state index in [1.54, 1.807) is 11.8 Å². The predicted octanol–water partition coefficient (Wildman–Crippen LogP) is 1.75. The minimum absolute atomic E-state index is 0.131. The third-order valence-corrected chi connectivity index (χ3v) is 8.61. The summed E-state index contributed by atoms with van der Waals surface area (Å²) in [6.45, 7) is 2.83. The highest BCUT2D eigenvalue weighted by Crippen LogP contribution is 2.40. The fourth-order valence-corrected chi connectivity index (χ4v) is 6.72. The topological polar surface area (TPSA) is 85.7 Å². The van der Waals surface area contributed by atoms with E-state index in [9.17, 15) is 8.42 Å². The van der Waals surface area contributed by atoms with Crippen LogP contribution in [0.1, 0.15) is 35.1 Å². The molecule has 1 fully saturated rings. The number of nitrogens with zero attached hydrogens (tertiary/aromatic N) is 3. The molecule has 0 amide bonds. The zero-order valence-electron chi connectivity index (χ0n) is 17.8. The molecule has 1 unspecified atom stereocenters. The van der Waals surface area contributed by atoms with Crippen LogP contribution in [0.4, 0.5) is 5.69 Å². The van der Waals surface area contributed by atoms with Crippen molar-refractivity contribution in [3.8, 4) is 5.88 Å². The molecular formula is C22H28N4O4S. The van der Waals surface area contributed by atoms with Crippen LogP contribution in [-0.4, -0.2) is 62.1 Å². The Balaban J connectivity index is 1.27. The average molecular weight is 445 g/mol. The van der Waals surface area contributed by atoms with E-state index in [1.807, 2.05) is 0 Å². The zero-order valence-corrected chi connectivity index (χ0v) is 18.6. The molecular weight excluding hydrogens is 416 g/mol. The number of ether oxygens (including phenoxy) is 2. The minimum Gasteiger partial charge on any atom is -0.475 e. The molecule has 1 atom stereocenters. The van der Waals surface area contributed by atoms with Crippen LogP contribution < -0.4 is 9.46 Å². The second kappa shape index (κ2) is 7.21. The Kier molecular flexibility index (Phi) is 4.56. The van der Waals surface area contributed by atoms with E-state index in [1.165, 1.54) is 28.5 Å². The number of anilines is 1. The standard InChI is InChI=1S/C22H28N4O4S/c1-29-17-11-25(12-17)16-10-26-22(30-13-16)20(9-23-26)31(27,28)24-21-18-6-2-4-14(18)8-15-5-3-7-19(15)21/h8-9,16-17,24H,2-7,10-13H2,1H3. The first-order chi connectivity index (χ1) is 15.0. The number of fused-ring (bicyclic) bond motifs is 3. The minimum atomic E-state index is -3.79. The van der Waals surface area contributed by atoms with Gasteiger partial charge in [0.2, 0.25) is 5.88 Å². The van der Waals surface area contributed by atoms with E-state index in [-0.39, 0.29) is 17.0 Å². The van der Waals surface area contributed by atoms with E-state index in [0.717, 1.165) is 57.3 Å². The van der Waals surface area contributed by atoms with Crippen molar-refractivity contribution in [2.75, 3.05) is 31.5 Å². The van der Waals surface area contributed by atoms with E-state index in [2.05, 4.69) is 20.8 Å². The lowest BCUT2D eigenvalue weighted by atomic mass is 9.99. The number of rotatable bonds is 5. The lowest BCUT2D eigenvalue weighted by molar-refractivity contribution is -0.0687. The third kappa shape index (κ3) is 3.16. The van der Waals surface area contributed by atoms with Gasteiger partial charge in [-0.05, 0) is 60.8 Å². The smallest absolute Gasteiger partial charge is 0.268 e. The molecule has 6 rings (SSSR count). The largest absolute Gasteiger partial charge is 0.475 e. The van der Waals surface area contributed by atoms with Gasteiger partial charge in [-0.3, -0.25) is 9.62 Å². The van der Waals surface area contributed by atoms with Crippen molar-refractivity contribution >= 4 is 15.7 Å². The molecule has 0 spiro atoms. The van der Waals surface area contributed by atoms with Crippen LogP contribution in [0, 0.1) is 0 Å². The number of aromatic nitrogens is 2. The number of benzene rings is 1. The Morgan fingerprint density at radius 2 is 1.81 bits per heavy atom. The Morgan fingerprint density at radius 1 is 1.10 bits per heavy atom. The van der Waals surface area contributed by atoms with Crippen LogP contribution in [0.15, 0.2) is 17.2 Å². The molecule has 2 aromatic rings. The molecule has 1 saturated heterocycles. The molecule has 1 N–H and O–H groups in total. The van der Waals surface area contributed by atoms with Gasteiger partial charge in [0.15, 0.2) is 4.90 Å². The maximum absolute atomic E-state index is 13.4. The van der Waals surface area contributed by atoms with Crippen LogP contribution in [0.25, 0.3) is 0 Å². The van der Waals surface area contributed by atoms with Gasteiger partial charge < -0.3 is 9.47 Å². The maximum atomic E-state index is 13.4. The van der Waals surface area contributed by atoms with Gasteiger partial charge in [-0.25, -0.2) is 13.1 Å². The number of methoxy groups -OCH3 is 1. The van der Waals surface area contributed by atoms with Gasteiger partial charge in [0.05, 0.1) is 30.6 Å². The molecule has 0 saturated carbocycles. The first-order valence-electron chi connectivity index (χ1n) is 11.2. The van der Waals surface area contributed by atoms with Gasteiger partial charge >= 0.3 is 0 Å². The Bertz CT molecular complexity index is 1100. The summed E-state index contributed by atoms with van der Waals surface area (Å²) in [5.74, 6) is 0.344. The van der Waals surface area contributed by atoms with Crippen LogP contribution in [0.2, 0.25) is 0 Å². The maximum Gasteiger partial charge on any atom is 0.268 e. The number of hydrogen-bond donors (Lipinski definition) is 1. The number of nitrogens with one attached hydrogen (secondary N) is 1. The highest BCUT2D eigenvalue weighted by molar-refractivity contribution is 7.92. The molecule has 0 radical (unpaired) electrons. The summed E-state index contributed by atoms with van der Waals surface area (Å²) in [6.07, 6.45) is 7.80. The molecule has 31 heavy (non-hydrogen) atoms. The normalized spacial score (nSPS) is 23.1. The van der Waals surface area contributed by atoms with Crippen LogP contribution in [0.3, 0.4) is 0 Å². The monoisotopic (exact) mass is 444 g/mol. The Labute approximate surface area is 182 Å². The molecule has 1 aromatic carbocycles. The van der Waals surface area contributed by atoms with Gasteiger partial charge in [0, 0.05) is 20.2 Å². The van der Waals surface area contributed by atoms with Crippen molar-refractivity contribution in [1.82, 2.24) is 14.7 Å². The van der Waals surface area contributed by atoms with Crippen LogP contribution >= 0.6 is 0 Å². The summed E-state index contributed by atoms with van der Waals surface area (Å²) in [7, 11) is -2.06. The molecule has 9 heteroatoms. The fourth-order valence-electron chi connectivity index (χ4n) is 5.51. The van der Waals surface area contributed by atoms with Crippen molar-refractivity contribution in [3.63, 3.8) is 0 Å². The summed E-state index contributed by atoms with van der Waals surface area (Å²) in [6, 6.07) is 2.49. The molecule has 8 nitrogen and oxygen atoms in total. The second-order valence-electron chi connectivity index (χ2n) is 9.11. The van der Waals surface area contributed by atoms with Gasteiger partial charge in [-0.1, -0.05) is 6.07 Å². The highest BCUT2D eigenvalue weighted by atomic mass is 32.2. The lowest BCUT2D eigenvalue weighted by Gasteiger charge is -2.44. The van der Waals surface area contributed by atoms with Crippen molar-refractivity contribution in [1.29, 1.82) is 0 Å². The molecule has 1 aromatic heterocycles. The molecule has 3 heterocycles. The number of sulfonamides is 1. The fraction of sp³-hybridized carbons (Fsp3) is 0.591. The molecule has 2 aliphatic carbocycles. The van der Waals surface area contributed by atoms with Crippen LogP contribution in [0.5, 0.6) is 5.88 Å². The highest BCUT2D eigenvalue weighted by Gasteiger charge is 2.38. The van der Waals surface area contributed by atoms with Gasteiger partial charge in [0.1, 0.15) is 6.61 Å². The van der Waals surface area contributed by atoms with Gasteiger partial charge in [0.25, 0.3) is 10.0 Å². The Morgan fingerprint density at radius 3 is 2.48 bits per heavy atom. The summed E-state index contributed by atoms with van der Waals surface area (Å²) >= 11 is 0. The number of likely N-dealkylation sites (tertiary alicyclic amines) is 1. The number of hydrogen-bond acceptors (Lipinski definition) is 6. The summed E-state index contributed by atoms with van der Waals surface area (Å²) < 4.78 is 42.8. The van der Waals surface area contributed by atoms with E-state index >= 15 is 0 Å². The van der Waals surface area contributed by atoms with Gasteiger partial charge in [-0.15, -0.1) is 0 Å². The summed E-state index contributed by atoms with van der Waals surface area (Å²) in [5.41, 5.74) is 5.78. The van der Waals surface area contributed by atoms with E-state index in [4.69, 9.17) is 9.47 Å². The van der Waals surface area contributed by atoms with Gasteiger partial charge in [-0.2, -0.15) is 5.10 Å². The first kappa shape index (κ1) is 19.6. The van der Waals surface area contributed by atoms with Crippen molar-refractivity contribution < 1.29 is 17.9 Å². The Hall–Kier alpha value is -2.10. The number of aryl methyl sites for hydroxylation is 2. The average Bonchev–Trinajstić information content (AvgIpc) is 3.45.